The van der Waals surface area contributed by atoms with Gasteiger partial charge in [-0.05, 0) is 43.3 Å². The van der Waals surface area contributed by atoms with Gasteiger partial charge in [-0.1, -0.05) is 19.4 Å². The van der Waals surface area contributed by atoms with E-state index in [9.17, 15) is 4.79 Å². The molecule has 0 atom stereocenters. The highest BCUT2D eigenvalue weighted by Gasteiger charge is 2.11. The number of ether oxygens (including phenoxy) is 2. The van der Waals surface area contributed by atoms with Gasteiger partial charge in [0.2, 0.25) is 0 Å². The minimum Gasteiger partial charge on any atom is -0.493 e. The highest BCUT2D eigenvalue weighted by atomic mass is 32.1. The lowest BCUT2D eigenvalue weighted by Gasteiger charge is -2.12. The fourth-order valence-corrected chi connectivity index (χ4v) is 2.73. The molecule has 23 heavy (non-hydrogen) atoms. The van der Waals surface area contributed by atoms with Crippen molar-refractivity contribution in [2.45, 2.75) is 33.1 Å². The third-order valence-electron chi connectivity index (χ3n) is 3.54. The first-order chi connectivity index (χ1) is 11.1. The van der Waals surface area contributed by atoms with E-state index in [1.165, 1.54) is 0 Å². The normalized spacial score (nSPS) is 10.6. The Morgan fingerprint density at radius 3 is 2.61 bits per heavy atom. The van der Waals surface area contributed by atoms with Crippen molar-refractivity contribution in [3.05, 3.63) is 50.1 Å². The zero-order chi connectivity index (χ0) is 16.8. The number of aryl methyl sites for hydroxylation is 1. The van der Waals surface area contributed by atoms with Crippen molar-refractivity contribution in [2.75, 3.05) is 13.7 Å². The summed E-state index contributed by atoms with van der Waals surface area (Å²) in [7, 11) is 1.61. The van der Waals surface area contributed by atoms with Crippen LogP contribution in [0.3, 0.4) is 0 Å². The van der Waals surface area contributed by atoms with Crippen molar-refractivity contribution >= 4 is 12.2 Å². The minimum absolute atomic E-state index is 0.133. The van der Waals surface area contributed by atoms with Gasteiger partial charge in [0.25, 0.3) is 5.56 Å². The second-order valence-corrected chi connectivity index (χ2v) is 5.62. The van der Waals surface area contributed by atoms with Crippen LogP contribution in [0.25, 0.3) is 0 Å². The van der Waals surface area contributed by atoms with Crippen LogP contribution in [0.4, 0.5) is 0 Å². The van der Waals surface area contributed by atoms with Gasteiger partial charge in [0.1, 0.15) is 0 Å². The summed E-state index contributed by atoms with van der Waals surface area (Å²) in [5.74, 6) is 1.37. The number of H-pyrrole nitrogens is 2. The maximum Gasteiger partial charge on any atom is 0.255 e. The Morgan fingerprint density at radius 2 is 1.96 bits per heavy atom. The molecule has 0 aliphatic carbocycles. The molecule has 2 N–H and O–H groups in total. The third kappa shape index (κ3) is 4.22. The molecule has 1 aromatic heterocycles. The van der Waals surface area contributed by atoms with Gasteiger partial charge in [-0.2, -0.15) is 0 Å². The highest BCUT2D eigenvalue weighted by molar-refractivity contribution is 7.71. The SMILES string of the molecule is CCCc1[nH]c(=S)[nH]c(=O)c1Cc1ccc(OC)c(OCC)c1. The van der Waals surface area contributed by atoms with Crippen LogP contribution in [-0.4, -0.2) is 23.7 Å². The lowest BCUT2D eigenvalue weighted by molar-refractivity contribution is 0.310. The van der Waals surface area contributed by atoms with Gasteiger partial charge in [0, 0.05) is 17.7 Å². The summed E-state index contributed by atoms with van der Waals surface area (Å²) >= 11 is 5.07. The zero-order valence-electron chi connectivity index (χ0n) is 13.7. The maximum atomic E-state index is 12.3. The van der Waals surface area contributed by atoms with E-state index in [2.05, 4.69) is 16.9 Å². The largest absolute Gasteiger partial charge is 0.493 e. The number of aromatic amines is 2. The standard InChI is InChI=1S/C17H22N2O3S/c1-4-6-13-12(16(20)19-17(23)18-13)9-11-7-8-14(21-3)15(10-11)22-5-2/h7-8,10H,4-6,9H2,1-3H3,(H2,18,19,20,23). The second kappa shape index (κ2) is 7.97. The van der Waals surface area contributed by atoms with E-state index in [0.717, 1.165) is 24.1 Å². The van der Waals surface area contributed by atoms with Crippen molar-refractivity contribution < 1.29 is 9.47 Å². The van der Waals surface area contributed by atoms with Gasteiger partial charge in [0.15, 0.2) is 16.3 Å². The first kappa shape index (κ1) is 17.3. The van der Waals surface area contributed by atoms with Crippen molar-refractivity contribution in [1.82, 2.24) is 9.97 Å². The molecule has 0 aliphatic heterocycles. The average molecular weight is 334 g/mol. The molecule has 124 valence electrons. The van der Waals surface area contributed by atoms with Gasteiger partial charge in [-0.25, -0.2) is 0 Å². The Labute approximate surface area is 140 Å². The van der Waals surface area contributed by atoms with Gasteiger partial charge >= 0.3 is 0 Å². The Kier molecular flexibility index (Phi) is 5.98. The number of nitrogens with one attached hydrogen (secondary N) is 2. The quantitative estimate of drug-likeness (QED) is 0.762. The average Bonchev–Trinajstić information content (AvgIpc) is 2.51. The van der Waals surface area contributed by atoms with Crippen LogP contribution in [0.2, 0.25) is 0 Å². The first-order valence-corrected chi connectivity index (χ1v) is 8.13. The molecular weight excluding hydrogens is 312 g/mol. The van der Waals surface area contributed by atoms with E-state index in [1.807, 2.05) is 25.1 Å². The molecule has 2 rings (SSSR count). The van der Waals surface area contributed by atoms with Crippen LogP contribution in [-0.2, 0) is 12.8 Å². The van der Waals surface area contributed by atoms with Gasteiger partial charge in [-0.15, -0.1) is 0 Å². The summed E-state index contributed by atoms with van der Waals surface area (Å²) in [6.45, 7) is 4.55. The molecule has 5 nitrogen and oxygen atoms in total. The minimum atomic E-state index is -0.133. The molecule has 0 radical (unpaired) electrons. The molecule has 1 heterocycles. The summed E-state index contributed by atoms with van der Waals surface area (Å²) < 4.78 is 11.3. The molecule has 6 heteroatoms. The number of benzene rings is 1. The topological polar surface area (TPSA) is 67.1 Å². The Balaban J connectivity index is 2.41. The van der Waals surface area contributed by atoms with E-state index >= 15 is 0 Å². The summed E-state index contributed by atoms with van der Waals surface area (Å²) in [6.07, 6.45) is 2.24. The molecule has 0 aliphatic rings. The van der Waals surface area contributed by atoms with Gasteiger partial charge in [-0.3, -0.25) is 9.78 Å². The molecule has 0 bridgehead atoms. The highest BCUT2D eigenvalue weighted by Crippen LogP contribution is 2.28. The molecule has 1 aromatic carbocycles. The van der Waals surface area contributed by atoms with E-state index < -0.39 is 0 Å². The Bertz CT molecular complexity index is 780. The van der Waals surface area contributed by atoms with E-state index in [-0.39, 0.29) is 5.56 Å². The molecular formula is C17H22N2O3S. The molecule has 0 unspecified atom stereocenters. The van der Waals surface area contributed by atoms with E-state index in [0.29, 0.717) is 34.9 Å². The molecule has 0 saturated carbocycles. The predicted octanol–water partition coefficient (Wildman–Crippen LogP) is 3.38. The van der Waals surface area contributed by atoms with Crippen LogP contribution in [0.5, 0.6) is 11.5 Å². The molecule has 0 fully saturated rings. The summed E-state index contributed by atoms with van der Waals surface area (Å²) in [4.78, 5) is 18.0. The van der Waals surface area contributed by atoms with Crippen molar-refractivity contribution in [2.24, 2.45) is 0 Å². The number of methoxy groups -OCH3 is 1. The van der Waals surface area contributed by atoms with Crippen LogP contribution < -0.4 is 15.0 Å². The lowest BCUT2D eigenvalue weighted by atomic mass is 10.0. The van der Waals surface area contributed by atoms with Crippen LogP contribution in [0.15, 0.2) is 23.0 Å². The number of aromatic nitrogens is 2. The van der Waals surface area contributed by atoms with Crippen molar-refractivity contribution in [3.63, 3.8) is 0 Å². The molecule has 0 amide bonds. The second-order valence-electron chi connectivity index (χ2n) is 5.21. The fraction of sp³-hybridized carbons (Fsp3) is 0.412. The Morgan fingerprint density at radius 1 is 1.17 bits per heavy atom. The Hall–Kier alpha value is -2.08. The summed E-state index contributed by atoms with van der Waals surface area (Å²) in [6, 6.07) is 5.72. The monoisotopic (exact) mass is 334 g/mol. The number of hydrogen-bond acceptors (Lipinski definition) is 4. The molecule has 0 spiro atoms. The molecule has 0 saturated heterocycles. The zero-order valence-corrected chi connectivity index (χ0v) is 14.5. The smallest absolute Gasteiger partial charge is 0.255 e. The first-order valence-electron chi connectivity index (χ1n) is 7.73. The van der Waals surface area contributed by atoms with Crippen LogP contribution in [0, 0.1) is 4.77 Å². The van der Waals surface area contributed by atoms with Crippen molar-refractivity contribution in [1.29, 1.82) is 0 Å². The maximum absolute atomic E-state index is 12.3. The summed E-state index contributed by atoms with van der Waals surface area (Å²) in [5, 5.41) is 0. The lowest BCUT2D eigenvalue weighted by Crippen LogP contribution is -2.18. The number of hydrogen-bond donors (Lipinski definition) is 2. The van der Waals surface area contributed by atoms with Gasteiger partial charge < -0.3 is 14.5 Å². The van der Waals surface area contributed by atoms with Crippen molar-refractivity contribution in [3.8, 4) is 11.5 Å². The van der Waals surface area contributed by atoms with Gasteiger partial charge in [0.05, 0.1) is 13.7 Å². The predicted molar refractivity (Wildman–Crippen MR) is 93.2 cm³/mol. The van der Waals surface area contributed by atoms with Crippen LogP contribution in [0.1, 0.15) is 37.1 Å². The van der Waals surface area contributed by atoms with E-state index in [1.54, 1.807) is 7.11 Å². The van der Waals surface area contributed by atoms with Crippen LogP contribution >= 0.6 is 12.2 Å². The number of rotatable bonds is 7. The summed E-state index contributed by atoms with van der Waals surface area (Å²) in [5.41, 5.74) is 2.47. The third-order valence-corrected chi connectivity index (χ3v) is 3.74. The molecule has 2 aromatic rings. The van der Waals surface area contributed by atoms with E-state index in [4.69, 9.17) is 21.7 Å². The fourth-order valence-electron chi connectivity index (χ4n) is 2.51.